The Bertz CT molecular complexity index is 648. The van der Waals surface area contributed by atoms with Crippen LogP contribution in [0.5, 0.6) is 11.5 Å². The van der Waals surface area contributed by atoms with Crippen LogP contribution in [-0.2, 0) is 6.42 Å². The second kappa shape index (κ2) is 8.23. The highest BCUT2D eigenvalue weighted by atomic mass is 16.5. The molecule has 144 valence electrons. The maximum absolute atomic E-state index is 11.5. The fraction of sp³-hybridized carbons (Fsp3) is 0.562. The van der Waals surface area contributed by atoms with E-state index in [0.717, 1.165) is 0 Å². The van der Waals surface area contributed by atoms with Crippen LogP contribution in [0.4, 0.5) is 0 Å². The number of aliphatic hydroxyl groups excluding tert-OH is 1. The molecule has 1 saturated heterocycles. The van der Waals surface area contributed by atoms with Crippen molar-refractivity contribution in [3.8, 4) is 11.5 Å². The summed E-state index contributed by atoms with van der Waals surface area (Å²) < 4.78 is 5.70. The molecule has 1 fully saturated rings. The maximum atomic E-state index is 11.5. The Morgan fingerprint density at radius 3 is 2.62 bits per heavy atom. The van der Waals surface area contributed by atoms with E-state index in [0.29, 0.717) is 25.2 Å². The van der Waals surface area contributed by atoms with Crippen LogP contribution in [0.15, 0.2) is 12.1 Å². The third kappa shape index (κ3) is 5.09. The molecule has 1 aliphatic heterocycles. The molecule has 1 atom stereocenters. The van der Waals surface area contributed by atoms with Crippen LogP contribution in [0.3, 0.4) is 0 Å². The second-order valence-electron chi connectivity index (χ2n) is 7.02. The van der Waals surface area contributed by atoms with Gasteiger partial charge >= 0.3 is 13.1 Å². The third-order valence-electron chi connectivity index (χ3n) is 4.27. The molecule has 26 heavy (non-hydrogen) atoms. The van der Waals surface area contributed by atoms with Gasteiger partial charge in [-0.1, -0.05) is 6.07 Å². The number of phenols is 1. The Hall–Kier alpha value is -1.85. The lowest BCUT2D eigenvalue weighted by molar-refractivity contribution is 0.000452. The summed E-state index contributed by atoms with van der Waals surface area (Å²) in [5.74, 6) is -1.69. The zero-order valence-electron chi connectivity index (χ0n) is 14.6. The van der Waals surface area contributed by atoms with Crippen LogP contribution in [-0.4, -0.2) is 81.2 Å². The maximum Gasteiger partial charge on any atom is 0.451 e. The number of aliphatic hydroxyl groups is 1. The van der Waals surface area contributed by atoms with Crippen molar-refractivity contribution in [1.29, 1.82) is 0 Å². The highest BCUT2D eigenvalue weighted by Gasteiger charge is 2.34. The average molecular weight is 368 g/mol. The van der Waals surface area contributed by atoms with Gasteiger partial charge in [0.25, 0.3) is 0 Å². The molecule has 0 saturated carbocycles. The number of aromatic carboxylic acids is 1. The number of likely N-dealkylation sites (tertiary alicyclic amines) is 1. The first-order chi connectivity index (χ1) is 12.1. The Balaban J connectivity index is 2.04. The van der Waals surface area contributed by atoms with Crippen LogP contribution in [0, 0.1) is 0 Å². The Morgan fingerprint density at radius 2 is 2.08 bits per heavy atom. The quantitative estimate of drug-likeness (QED) is 0.297. The lowest BCUT2D eigenvalue weighted by Gasteiger charge is -2.42. The first-order valence-corrected chi connectivity index (χ1v) is 8.36. The summed E-state index contributed by atoms with van der Waals surface area (Å²) >= 11 is 0. The van der Waals surface area contributed by atoms with E-state index in [1.54, 1.807) is 6.92 Å². The largest absolute Gasteiger partial charge is 0.507 e. The predicted molar refractivity (Wildman–Crippen MR) is 94.3 cm³/mol. The SMILES string of the molecule is C[C@](N)(CO)CN1CC(Oc2ccc(CCB(O)O)c(O)c2C(=O)O)C1. The number of aryl methyl sites for hydroxylation is 1. The molecule has 1 aliphatic rings. The van der Waals surface area contributed by atoms with Crippen molar-refractivity contribution in [1.82, 2.24) is 4.90 Å². The monoisotopic (exact) mass is 368 g/mol. The van der Waals surface area contributed by atoms with Crippen molar-refractivity contribution in [2.45, 2.75) is 31.3 Å². The normalized spacial score (nSPS) is 17.4. The number of ether oxygens (including phenoxy) is 1. The van der Waals surface area contributed by atoms with Crippen molar-refractivity contribution < 1.29 is 34.9 Å². The molecule has 2 rings (SSSR count). The molecule has 1 aromatic carbocycles. The molecule has 0 amide bonds. The van der Waals surface area contributed by atoms with E-state index in [-0.39, 0.29) is 36.8 Å². The molecule has 0 unspecified atom stereocenters. The molecule has 7 N–H and O–H groups in total. The third-order valence-corrected chi connectivity index (χ3v) is 4.27. The van der Waals surface area contributed by atoms with Gasteiger partial charge in [0.15, 0.2) is 0 Å². The van der Waals surface area contributed by atoms with E-state index >= 15 is 0 Å². The van der Waals surface area contributed by atoms with E-state index < -0.39 is 24.4 Å². The number of hydrogen-bond acceptors (Lipinski definition) is 8. The molecule has 0 bridgehead atoms. The van der Waals surface area contributed by atoms with Crippen molar-refractivity contribution in [2.24, 2.45) is 5.73 Å². The summed E-state index contributed by atoms with van der Waals surface area (Å²) in [5.41, 5.74) is 5.15. The number of nitrogens with zero attached hydrogens (tertiary/aromatic N) is 1. The molecule has 10 heteroatoms. The zero-order chi connectivity index (χ0) is 19.5. The number of hydrogen-bond donors (Lipinski definition) is 6. The molecule has 1 aromatic rings. The van der Waals surface area contributed by atoms with E-state index in [4.69, 9.17) is 20.5 Å². The number of carboxylic acid groups (broad SMARTS) is 1. The Morgan fingerprint density at radius 1 is 1.42 bits per heavy atom. The zero-order valence-corrected chi connectivity index (χ0v) is 14.6. The fourth-order valence-electron chi connectivity index (χ4n) is 2.87. The minimum atomic E-state index is -1.54. The van der Waals surface area contributed by atoms with E-state index in [2.05, 4.69) is 0 Å². The van der Waals surface area contributed by atoms with Crippen LogP contribution in [0.25, 0.3) is 0 Å². The average Bonchev–Trinajstić information content (AvgIpc) is 2.51. The summed E-state index contributed by atoms with van der Waals surface area (Å²) in [7, 11) is -1.54. The number of aromatic hydroxyl groups is 1. The standard InChI is InChI=1S/C16H25BN2O7/c1-16(18,9-20)8-19-6-11(7-19)26-12-3-2-10(4-5-17(24)25)14(21)13(12)15(22)23/h2-3,11,20-21,24-25H,4-9,18H2,1H3,(H,22,23)/t16-/m1/s1. The van der Waals surface area contributed by atoms with Gasteiger partial charge in [0.05, 0.1) is 6.61 Å². The number of benzene rings is 1. The molecule has 1 heterocycles. The smallest absolute Gasteiger partial charge is 0.451 e. The van der Waals surface area contributed by atoms with Gasteiger partial charge in [-0.25, -0.2) is 4.79 Å². The molecular weight excluding hydrogens is 343 g/mol. The van der Waals surface area contributed by atoms with Gasteiger partial charge in [-0.05, 0) is 31.3 Å². The number of rotatable bonds is 9. The van der Waals surface area contributed by atoms with E-state index in [9.17, 15) is 20.1 Å². The molecular formula is C16H25BN2O7. The van der Waals surface area contributed by atoms with E-state index in [1.807, 2.05) is 4.90 Å². The molecule has 0 spiro atoms. The summed E-state index contributed by atoms with van der Waals surface area (Å²) in [6, 6.07) is 2.98. The Labute approximate surface area is 151 Å². The minimum Gasteiger partial charge on any atom is -0.507 e. The topological polar surface area (TPSA) is 157 Å². The molecule has 0 aromatic heterocycles. The van der Waals surface area contributed by atoms with Crippen LogP contribution < -0.4 is 10.5 Å². The highest BCUT2D eigenvalue weighted by molar-refractivity contribution is 6.41. The van der Waals surface area contributed by atoms with E-state index in [1.165, 1.54) is 12.1 Å². The summed E-state index contributed by atoms with van der Waals surface area (Å²) in [6.07, 6.45) is -0.142. The van der Waals surface area contributed by atoms with Gasteiger partial charge in [-0.3, -0.25) is 4.90 Å². The van der Waals surface area contributed by atoms with Gasteiger partial charge in [-0.2, -0.15) is 0 Å². The van der Waals surface area contributed by atoms with Gasteiger partial charge < -0.3 is 35.8 Å². The van der Waals surface area contributed by atoms with Gasteiger partial charge in [0.2, 0.25) is 0 Å². The number of nitrogens with two attached hydrogens (primary N) is 1. The number of carbonyl (C=O) groups is 1. The van der Waals surface area contributed by atoms with Crippen molar-refractivity contribution in [2.75, 3.05) is 26.2 Å². The van der Waals surface area contributed by atoms with Gasteiger partial charge in [0.1, 0.15) is 23.2 Å². The van der Waals surface area contributed by atoms with Crippen molar-refractivity contribution in [3.05, 3.63) is 23.3 Å². The first kappa shape index (κ1) is 20.5. The summed E-state index contributed by atoms with van der Waals surface area (Å²) in [6.45, 7) is 3.15. The summed E-state index contributed by atoms with van der Waals surface area (Å²) in [5, 5.41) is 46.6. The van der Waals surface area contributed by atoms with Crippen molar-refractivity contribution in [3.63, 3.8) is 0 Å². The highest BCUT2D eigenvalue weighted by Crippen LogP contribution is 2.34. The minimum absolute atomic E-state index is 0.0207. The predicted octanol–water partition coefficient (Wildman–Crippen LogP) is -1.12. The lowest BCUT2D eigenvalue weighted by atomic mass is 9.82. The fourth-order valence-corrected chi connectivity index (χ4v) is 2.87. The first-order valence-electron chi connectivity index (χ1n) is 8.36. The molecule has 0 aliphatic carbocycles. The van der Waals surface area contributed by atoms with Gasteiger partial charge in [0, 0.05) is 25.2 Å². The summed E-state index contributed by atoms with van der Waals surface area (Å²) in [4.78, 5) is 13.5. The molecule has 9 nitrogen and oxygen atoms in total. The Kier molecular flexibility index (Phi) is 6.48. The second-order valence-corrected chi connectivity index (χ2v) is 7.02. The van der Waals surface area contributed by atoms with Crippen LogP contribution in [0.2, 0.25) is 6.32 Å². The van der Waals surface area contributed by atoms with Crippen LogP contribution in [0.1, 0.15) is 22.8 Å². The number of carboxylic acids is 1. The van der Waals surface area contributed by atoms with Crippen LogP contribution >= 0.6 is 0 Å². The van der Waals surface area contributed by atoms with Crippen molar-refractivity contribution >= 4 is 13.1 Å². The lowest BCUT2D eigenvalue weighted by Crippen LogP contribution is -2.61. The van der Waals surface area contributed by atoms with Gasteiger partial charge in [-0.15, -0.1) is 0 Å². The molecule has 0 radical (unpaired) electrons.